The third-order valence-electron chi connectivity index (χ3n) is 8.63. The molecule has 2 fully saturated rings. The van der Waals surface area contributed by atoms with Crippen molar-refractivity contribution in [3.05, 3.63) is 81.9 Å². The number of rotatable bonds is 8. The topological polar surface area (TPSA) is 110 Å². The molecule has 0 radical (unpaired) electrons. The molecule has 4 heterocycles. The van der Waals surface area contributed by atoms with Crippen molar-refractivity contribution in [1.82, 2.24) is 14.5 Å². The van der Waals surface area contributed by atoms with Gasteiger partial charge in [-0.1, -0.05) is 18.2 Å². The highest BCUT2D eigenvalue weighted by Gasteiger charge is 2.56. The first-order valence-corrected chi connectivity index (χ1v) is 14.6. The third kappa shape index (κ3) is 4.79. The van der Waals surface area contributed by atoms with E-state index >= 15 is 0 Å². The summed E-state index contributed by atoms with van der Waals surface area (Å²) in [5.41, 5.74) is 3.74. The van der Waals surface area contributed by atoms with Gasteiger partial charge in [-0.05, 0) is 67.4 Å². The minimum absolute atomic E-state index is 0.0296. The van der Waals surface area contributed by atoms with Crippen LogP contribution >= 0.6 is 11.3 Å². The summed E-state index contributed by atoms with van der Waals surface area (Å²) in [6.07, 6.45) is 7.34. The summed E-state index contributed by atoms with van der Waals surface area (Å²) in [6.45, 7) is 1.51. The molecule has 1 aliphatic heterocycles. The van der Waals surface area contributed by atoms with Gasteiger partial charge >= 0.3 is 5.97 Å². The number of benzene rings is 1. The SMILES string of the molecule is N#Cc1ccc(COc2cccc(C3=CCC4(CC3)CC4c3nc4sc(C(=O)O)cc4n3CC3CCO3)n2)c(F)c1. The van der Waals surface area contributed by atoms with Gasteiger partial charge in [-0.15, -0.1) is 11.3 Å². The van der Waals surface area contributed by atoms with Crippen molar-refractivity contribution in [2.45, 2.75) is 57.3 Å². The van der Waals surface area contributed by atoms with E-state index in [1.807, 2.05) is 18.2 Å². The van der Waals surface area contributed by atoms with Gasteiger partial charge in [0.25, 0.3) is 0 Å². The third-order valence-corrected chi connectivity index (χ3v) is 9.63. The summed E-state index contributed by atoms with van der Waals surface area (Å²) in [5, 5.41) is 18.4. The molecule has 3 unspecified atom stereocenters. The van der Waals surface area contributed by atoms with Crippen LogP contribution in [-0.4, -0.2) is 38.3 Å². The first kappa shape index (κ1) is 25.9. The van der Waals surface area contributed by atoms with Crippen molar-refractivity contribution in [3.63, 3.8) is 0 Å². The molecule has 0 amide bonds. The number of thiophene rings is 1. The van der Waals surface area contributed by atoms with Crippen molar-refractivity contribution in [1.29, 1.82) is 5.26 Å². The smallest absolute Gasteiger partial charge is 0.346 e. The highest BCUT2D eigenvalue weighted by Crippen LogP contribution is 2.66. The summed E-state index contributed by atoms with van der Waals surface area (Å²) in [4.78, 5) is 22.3. The van der Waals surface area contributed by atoms with Crippen LogP contribution in [0.2, 0.25) is 0 Å². The Kier molecular flexibility index (Phi) is 6.36. The molecule has 1 saturated heterocycles. The van der Waals surface area contributed by atoms with Crippen molar-refractivity contribution >= 4 is 33.2 Å². The molecular formula is C31H27FN4O4S. The summed E-state index contributed by atoms with van der Waals surface area (Å²) in [7, 11) is 0. The quantitative estimate of drug-likeness (QED) is 0.264. The Morgan fingerprint density at radius 2 is 2.17 bits per heavy atom. The zero-order valence-corrected chi connectivity index (χ0v) is 23.0. The predicted molar refractivity (Wildman–Crippen MR) is 150 cm³/mol. The van der Waals surface area contributed by atoms with Gasteiger partial charge in [0.2, 0.25) is 5.88 Å². The summed E-state index contributed by atoms with van der Waals surface area (Å²) >= 11 is 1.24. The predicted octanol–water partition coefficient (Wildman–Crippen LogP) is 6.31. The normalized spacial score (nSPS) is 23.2. The lowest BCUT2D eigenvalue weighted by Gasteiger charge is -2.28. The fourth-order valence-electron chi connectivity index (χ4n) is 6.05. The van der Waals surface area contributed by atoms with Gasteiger partial charge in [0, 0.05) is 24.2 Å². The Hall–Kier alpha value is -4.07. The van der Waals surface area contributed by atoms with E-state index < -0.39 is 11.8 Å². The van der Waals surface area contributed by atoms with E-state index in [1.54, 1.807) is 24.3 Å². The van der Waals surface area contributed by atoms with Gasteiger partial charge in [-0.25, -0.2) is 19.2 Å². The van der Waals surface area contributed by atoms with Crippen molar-refractivity contribution < 1.29 is 23.8 Å². The van der Waals surface area contributed by atoms with Crippen molar-refractivity contribution in [2.75, 3.05) is 6.61 Å². The number of halogens is 1. The number of carboxylic acid groups (broad SMARTS) is 1. The van der Waals surface area contributed by atoms with Gasteiger partial charge in [0.15, 0.2) is 0 Å². The second-order valence-corrected chi connectivity index (χ2v) is 12.1. The zero-order chi connectivity index (χ0) is 28.1. The second-order valence-electron chi connectivity index (χ2n) is 11.1. The number of aromatic nitrogens is 3. The number of nitrogens with zero attached hydrogens (tertiary/aromatic N) is 4. The lowest BCUT2D eigenvalue weighted by molar-refractivity contribution is -0.0590. The molecule has 1 spiro atoms. The highest BCUT2D eigenvalue weighted by molar-refractivity contribution is 7.20. The number of hydrogen-bond donors (Lipinski definition) is 1. The summed E-state index contributed by atoms with van der Waals surface area (Å²) in [5.74, 6) is 0.427. The van der Waals surface area contributed by atoms with Gasteiger partial charge in [0.1, 0.15) is 28.0 Å². The van der Waals surface area contributed by atoms with Crippen LogP contribution in [0.25, 0.3) is 15.9 Å². The Balaban J connectivity index is 1.06. The van der Waals surface area contributed by atoms with E-state index in [9.17, 15) is 14.3 Å². The molecule has 0 bridgehead atoms. The summed E-state index contributed by atoms with van der Waals surface area (Å²) in [6, 6.07) is 13.7. The molecule has 8 nitrogen and oxygen atoms in total. The zero-order valence-electron chi connectivity index (χ0n) is 22.2. The van der Waals surface area contributed by atoms with Gasteiger partial charge in [-0.3, -0.25) is 0 Å². The molecule has 1 N–H and O–H groups in total. The maximum atomic E-state index is 14.2. The van der Waals surface area contributed by atoms with Crippen LogP contribution in [0.5, 0.6) is 5.88 Å². The lowest BCUT2D eigenvalue weighted by atomic mass is 9.83. The van der Waals surface area contributed by atoms with Crippen LogP contribution in [0.1, 0.15) is 70.3 Å². The molecule has 208 valence electrons. The fourth-order valence-corrected chi connectivity index (χ4v) is 6.93. The largest absolute Gasteiger partial charge is 0.477 e. The second kappa shape index (κ2) is 10.1. The number of pyridine rings is 1. The number of allylic oxidation sites excluding steroid dienone is 2. The molecule has 41 heavy (non-hydrogen) atoms. The van der Waals surface area contributed by atoms with E-state index in [-0.39, 0.29) is 23.7 Å². The number of hydrogen-bond acceptors (Lipinski definition) is 7. The molecule has 3 aliphatic rings. The van der Waals surface area contributed by atoms with E-state index in [0.29, 0.717) is 28.8 Å². The van der Waals surface area contributed by atoms with Gasteiger partial charge in [-0.2, -0.15) is 5.26 Å². The average Bonchev–Trinajstić information content (AvgIpc) is 3.30. The van der Waals surface area contributed by atoms with Gasteiger partial charge in [0.05, 0.1) is 35.5 Å². The number of carbonyl (C=O) groups is 1. The van der Waals surface area contributed by atoms with Crippen molar-refractivity contribution in [2.24, 2.45) is 5.41 Å². The number of nitriles is 1. The van der Waals surface area contributed by atoms with Crippen LogP contribution < -0.4 is 4.74 Å². The highest BCUT2D eigenvalue weighted by atomic mass is 32.1. The van der Waals surface area contributed by atoms with E-state index in [4.69, 9.17) is 19.7 Å². The minimum atomic E-state index is -0.918. The molecule has 2 aliphatic carbocycles. The number of fused-ring (bicyclic) bond motifs is 1. The standard InChI is InChI=1S/C31H27FN4O4S/c32-23-12-18(15-33)4-5-20(23)17-40-27-3-1-2-24(34-27)19-6-9-31(10-7-19)14-22(31)28-35-29-25(13-26(41-29)30(37)38)36(28)16-21-8-11-39-21/h1-6,12-13,21-22H,7-11,14,16-17H2,(H,37,38). The Morgan fingerprint density at radius 3 is 2.88 bits per heavy atom. The molecule has 3 aromatic heterocycles. The van der Waals surface area contributed by atoms with Crippen LogP contribution in [-0.2, 0) is 17.9 Å². The Labute approximate surface area is 239 Å². The fraction of sp³-hybridized carbons (Fsp3) is 0.355. The van der Waals surface area contributed by atoms with E-state index in [0.717, 1.165) is 60.6 Å². The van der Waals surface area contributed by atoms with Crippen LogP contribution in [0.4, 0.5) is 4.39 Å². The van der Waals surface area contributed by atoms with Crippen LogP contribution in [0.15, 0.2) is 48.5 Å². The molecule has 3 atom stereocenters. The molecule has 10 heteroatoms. The number of imidazole rings is 1. The maximum Gasteiger partial charge on any atom is 0.346 e. The Morgan fingerprint density at radius 1 is 1.29 bits per heavy atom. The van der Waals surface area contributed by atoms with Gasteiger partial charge < -0.3 is 19.1 Å². The maximum absolute atomic E-state index is 14.2. The molecule has 4 aromatic rings. The van der Waals surface area contributed by atoms with E-state index in [1.165, 1.54) is 23.0 Å². The minimum Gasteiger partial charge on any atom is -0.477 e. The van der Waals surface area contributed by atoms with Crippen molar-refractivity contribution in [3.8, 4) is 11.9 Å². The van der Waals surface area contributed by atoms with Crippen LogP contribution in [0, 0.1) is 22.6 Å². The number of ether oxygens (including phenoxy) is 2. The summed E-state index contributed by atoms with van der Waals surface area (Å²) < 4.78 is 28.0. The average molecular weight is 571 g/mol. The van der Waals surface area contributed by atoms with Crippen LogP contribution in [0.3, 0.4) is 0 Å². The molecule has 7 rings (SSSR count). The molecule has 1 aromatic carbocycles. The monoisotopic (exact) mass is 570 g/mol. The first-order valence-electron chi connectivity index (χ1n) is 13.7. The first-order chi connectivity index (χ1) is 19.9. The van der Waals surface area contributed by atoms with E-state index in [2.05, 4.69) is 15.6 Å². The molecule has 1 saturated carbocycles. The number of aromatic carboxylic acids is 1. The lowest BCUT2D eigenvalue weighted by Crippen LogP contribution is -2.31. The number of carboxylic acids is 1. The molecular weight excluding hydrogens is 543 g/mol. The Bertz CT molecular complexity index is 1750.